The quantitative estimate of drug-likeness (QED) is 0.257. The molecule has 4 aliphatic rings. The van der Waals surface area contributed by atoms with Crippen LogP contribution >= 0.6 is 0 Å². The van der Waals surface area contributed by atoms with E-state index in [-0.39, 0.29) is 5.92 Å². The Hall–Kier alpha value is -1.06. The van der Waals surface area contributed by atoms with Crippen LogP contribution in [0.3, 0.4) is 0 Å². The highest BCUT2D eigenvalue weighted by Gasteiger charge is 2.60. The molecule has 4 aliphatic carbocycles. The molecule has 4 fully saturated rings. The van der Waals surface area contributed by atoms with E-state index in [1.165, 1.54) is 84.5 Å². The van der Waals surface area contributed by atoms with Gasteiger partial charge in [0.05, 0.1) is 0 Å². The fourth-order valence-electron chi connectivity index (χ4n) is 9.95. The molecule has 0 saturated heterocycles. The number of carbonyl (C=O) groups excluding carboxylic acids is 2. The summed E-state index contributed by atoms with van der Waals surface area (Å²) in [6.07, 6.45) is 17.1. The highest BCUT2D eigenvalue weighted by Crippen LogP contribution is 2.68. The molecule has 0 aromatic rings. The Morgan fingerprint density at radius 1 is 0.800 bits per heavy atom. The molecule has 4 nitrogen and oxygen atoms in total. The van der Waals surface area contributed by atoms with Crippen LogP contribution in [0.4, 0.5) is 0 Å². The molecule has 0 bridgehead atoms. The molecule has 9 atom stereocenters. The van der Waals surface area contributed by atoms with Crippen molar-refractivity contribution in [3.8, 4) is 0 Å². The lowest BCUT2D eigenvalue weighted by molar-refractivity contribution is -0.194. The standard InChI is InChI=1S/C31H52O4/c1-20(10-9-11-21(2)29(34-22(3)32)35-23(4)33)26-15-16-27-25-14-13-24-12-7-8-18-30(24,5)28(25)17-19-31(26,27)6/h20-21,24-29H,7-19H2,1-6H3/t20-,21?,24+,25-,26-,27-,28-,30-,31+/m0/s1. The molecule has 0 aromatic heterocycles. The predicted octanol–water partition coefficient (Wildman–Crippen LogP) is 7.93. The van der Waals surface area contributed by atoms with Crippen LogP contribution in [0.5, 0.6) is 0 Å². The van der Waals surface area contributed by atoms with Gasteiger partial charge in [0.15, 0.2) is 0 Å². The minimum absolute atomic E-state index is 0.0174. The molecule has 0 radical (unpaired) electrons. The molecule has 1 unspecified atom stereocenters. The van der Waals surface area contributed by atoms with Crippen LogP contribution in [0.25, 0.3) is 0 Å². The van der Waals surface area contributed by atoms with Crippen LogP contribution in [0.15, 0.2) is 0 Å². The zero-order valence-corrected chi connectivity index (χ0v) is 23.4. The van der Waals surface area contributed by atoms with Crippen molar-refractivity contribution in [1.29, 1.82) is 0 Å². The van der Waals surface area contributed by atoms with Gasteiger partial charge in [-0.2, -0.15) is 0 Å². The Labute approximate surface area is 214 Å². The Morgan fingerprint density at radius 2 is 1.49 bits per heavy atom. The Bertz CT molecular complexity index is 747. The van der Waals surface area contributed by atoms with Crippen LogP contribution < -0.4 is 0 Å². The number of esters is 2. The van der Waals surface area contributed by atoms with Crippen molar-refractivity contribution in [2.75, 3.05) is 0 Å². The normalized spacial score (nSPS) is 40.3. The highest BCUT2D eigenvalue weighted by molar-refractivity contribution is 5.68. The van der Waals surface area contributed by atoms with Crippen LogP contribution in [0, 0.1) is 52.3 Å². The first-order valence-electron chi connectivity index (χ1n) is 14.9. The summed E-state index contributed by atoms with van der Waals surface area (Å²) in [4.78, 5) is 22.9. The van der Waals surface area contributed by atoms with Gasteiger partial charge in [-0.3, -0.25) is 9.59 Å². The second kappa shape index (κ2) is 10.7. The minimum Gasteiger partial charge on any atom is -0.425 e. The molecular weight excluding hydrogens is 436 g/mol. The van der Waals surface area contributed by atoms with Crippen molar-refractivity contribution in [2.24, 2.45) is 52.3 Å². The molecule has 200 valence electrons. The summed E-state index contributed by atoms with van der Waals surface area (Å²) < 4.78 is 10.6. The van der Waals surface area contributed by atoms with Crippen molar-refractivity contribution in [3.63, 3.8) is 0 Å². The van der Waals surface area contributed by atoms with E-state index in [9.17, 15) is 9.59 Å². The maximum atomic E-state index is 11.4. The van der Waals surface area contributed by atoms with Gasteiger partial charge in [-0.25, -0.2) is 0 Å². The van der Waals surface area contributed by atoms with E-state index in [1.54, 1.807) is 0 Å². The van der Waals surface area contributed by atoms with Crippen molar-refractivity contribution in [2.45, 2.75) is 131 Å². The topological polar surface area (TPSA) is 52.6 Å². The van der Waals surface area contributed by atoms with E-state index < -0.39 is 18.2 Å². The summed E-state index contributed by atoms with van der Waals surface area (Å²) in [5, 5.41) is 0. The highest BCUT2D eigenvalue weighted by atomic mass is 16.7. The number of hydrogen-bond acceptors (Lipinski definition) is 4. The first-order valence-corrected chi connectivity index (χ1v) is 14.9. The monoisotopic (exact) mass is 488 g/mol. The molecule has 0 aromatic carbocycles. The average molecular weight is 489 g/mol. The molecule has 4 saturated carbocycles. The number of fused-ring (bicyclic) bond motifs is 5. The molecule has 0 heterocycles. The predicted molar refractivity (Wildman–Crippen MR) is 139 cm³/mol. The van der Waals surface area contributed by atoms with Gasteiger partial charge in [0, 0.05) is 19.8 Å². The third-order valence-electron chi connectivity index (χ3n) is 11.7. The second-order valence-corrected chi connectivity index (χ2v) is 13.6. The van der Waals surface area contributed by atoms with E-state index in [0.29, 0.717) is 10.8 Å². The number of rotatable bonds is 8. The first kappa shape index (κ1) is 27.0. The van der Waals surface area contributed by atoms with E-state index in [1.807, 2.05) is 6.92 Å². The summed E-state index contributed by atoms with van der Waals surface area (Å²) in [5.74, 6) is 4.67. The lowest BCUT2D eigenvalue weighted by Gasteiger charge is -2.61. The maximum Gasteiger partial charge on any atom is 0.305 e. The van der Waals surface area contributed by atoms with Crippen molar-refractivity contribution in [3.05, 3.63) is 0 Å². The van der Waals surface area contributed by atoms with Gasteiger partial charge in [-0.15, -0.1) is 0 Å². The Balaban J connectivity index is 1.34. The third kappa shape index (κ3) is 5.33. The van der Waals surface area contributed by atoms with Crippen molar-refractivity contribution in [1.82, 2.24) is 0 Å². The van der Waals surface area contributed by atoms with Crippen molar-refractivity contribution >= 4 is 11.9 Å². The largest absolute Gasteiger partial charge is 0.425 e. The molecule has 0 amide bonds. The van der Waals surface area contributed by atoms with Gasteiger partial charge < -0.3 is 9.47 Å². The molecule has 4 rings (SSSR count). The Kier molecular flexibility index (Phi) is 8.28. The SMILES string of the molecule is CC(=O)OC(OC(C)=O)C(C)CCC[C@H](C)[C@@H]1CC[C@H]2[C@@H]3CC[C@H]4CCCC[C@]4(C)[C@H]3CC[C@@]21C. The zero-order valence-electron chi connectivity index (χ0n) is 23.4. The number of carbonyl (C=O) groups is 2. The summed E-state index contributed by atoms with van der Waals surface area (Å²) >= 11 is 0. The van der Waals surface area contributed by atoms with Gasteiger partial charge >= 0.3 is 11.9 Å². The van der Waals surface area contributed by atoms with E-state index in [0.717, 1.165) is 48.3 Å². The maximum absolute atomic E-state index is 11.4. The van der Waals surface area contributed by atoms with E-state index >= 15 is 0 Å². The van der Waals surface area contributed by atoms with Gasteiger partial charge in [0.25, 0.3) is 0 Å². The fourth-order valence-corrected chi connectivity index (χ4v) is 9.95. The second-order valence-electron chi connectivity index (χ2n) is 13.6. The van der Waals surface area contributed by atoms with Gasteiger partial charge in [-0.1, -0.05) is 53.4 Å². The van der Waals surface area contributed by atoms with Gasteiger partial charge in [0.2, 0.25) is 6.29 Å². The van der Waals surface area contributed by atoms with E-state index in [4.69, 9.17) is 9.47 Å². The zero-order chi connectivity index (χ0) is 25.4. The molecule has 0 aliphatic heterocycles. The average Bonchev–Trinajstić information content (AvgIpc) is 3.14. The third-order valence-corrected chi connectivity index (χ3v) is 11.7. The molecular formula is C31H52O4. The van der Waals surface area contributed by atoms with Gasteiger partial charge in [0.1, 0.15) is 0 Å². The molecule has 0 spiro atoms. The van der Waals surface area contributed by atoms with Crippen LogP contribution in [-0.4, -0.2) is 18.2 Å². The summed E-state index contributed by atoms with van der Waals surface area (Å²) in [7, 11) is 0. The van der Waals surface area contributed by atoms with Crippen molar-refractivity contribution < 1.29 is 19.1 Å². The van der Waals surface area contributed by atoms with Crippen LogP contribution in [0.1, 0.15) is 125 Å². The minimum atomic E-state index is -0.764. The van der Waals surface area contributed by atoms with E-state index in [2.05, 4.69) is 20.8 Å². The molecule has 35 heavy (non-hydrogen) atoms. The van der Waals surface area contributed by atoms with Crippen LogP contribution in [0.2, 0.25) is 0 Å². The van der Waals surface area contributed by atoms with Crippen LogP contribution in [-0.2, 0) is 19.1 Å². The Morgan fingerprint density at radius 3 is 2.17 bits per heavy atom. The number of hydrogen-bond donors (Lipinski definition) is 0. The molecule has 4 heteroatoms. The number of ether oxygens (including phenoxy) is 2. The first-order chi connectivity index (χ1) is 16.6. The lowest BCUT2D eigenvalue weighted by atomic mass is 9.44. The molecule has 0 N–H and O–H groups in total. The fraction of sp³-hybridized carbons (Fsp3) is 0.935. The summed E-state index contributed by atoms with van der Waals surface area (Å²) in [6.45, 7) is 12.6. The summed E-state index contributed by atoms with van der Waals surface area (Å²) in [5.41, 5.74) is 1.14. The smallest absolute Gasteiger partial charge is 0.305 e. The van der Waals surface area contributed by atoms with Gasteiger partial charge in [-0.05, 0) is 104 Å². The summed E-state index contributed by atoms with van der Waals surface area (Å²) in [6, 6.07) is 0. The lowest BCUT2D eigenvalue weighted by Crippen LogP contribution is -2.53.